The van der Waals surface area contributed by atoms with Gasteiger partial charge in [-0.2, -0.15) is 0 Å². The Hall–Kier alpha value is -0.340. The summed E-state index contributed by atoms with van der Waals surface area (Å²) in [5.74, 6) is 0. The first-order valence-electron chi connectivity index (χ1n) is 5.25. The van der Waals surface area contributed by atoms with E-state index < -0.39 is 12.2 Å². The van der Waals surface area contributed by atoms with Gasteiger partial charge in [-0.3, -0.25) is 0 Å². The molecular formula is C11H24O2. The van der Waals surface area contributed by atoms with Crippen LogP contribution in [0, 0.1) is 0 Å². The third kappa shape index (κ3) is 9.57. The van der Waals surface area contributed by atoms with Crippen LogP contribution in [0.15, 0.2) is 12.2 Å². The van der Waals surface area contributed by atoms with E-state index in [0.717, 1.165) is 6.42 Å². The number of allylic oxidation sites excluding steroid dienone is 1. The summed E-state index contributed by atoms with van der Waals surface area (Å²) >= 11 is 0. The van der Waals surface area contributed by atoms with E-state index in [2.05, 4.69) is 13.8 Å². The highest BCUT2D eigenvalue weighted by Crippen LogP contribution is 2.10. The van der Waals surface area contributed by atoms with Crippen LogP contribution in [0.1, 0.15) is 47.0 Å². The Morgan fingerprint density at radius 3 is 1.92 bits per heavy atom. The van der Waals surface area contributed by atoms with Crippen LogP contribution in [0.5, 0.6) is 0 Å². The van der Waals surface area contributed by atoms with Crippen molar-refractivity contribution in [1.29, 1.82) is 0 Å². The highest BCUT2D eigenvalue weighted by Gasteiger charge is 2.14. The summed E-state index contributed by atoms with van der Waals surface area (Å²) in [5.41, 5.74) is 0. The summed E-state index contributed by atoms with van der Waals surface area (Å²) in [6, 6.07) is 0. The molecule has 13 heavy (non-hydrogen) atoms. The second-order valence-corrected chi connectivity index (χ2v) is 2.77. The van der Waals surface area contributed by atoms with Crippen LogP contribution < -0.4 is 0 Å². The van der Waals surface area contributed by atoms with Gasteiger partial charge in [0.05, 0.1) is 12.2 Å². The van der Waals surface area contributed by atoms with Crippen LogP contribution in [0.4, 0.5) is 0 Å². The van der Waals surface area contributed by atoms with Gasteiger partial charge >= 0.3 is 0 Å². The van der Waals surface area contributed by atoms with Crippen LogP contribution >= 0.6 is 0 Å². The minimum Gasteiger partial charge on any atom is -0.390 e. The number of hydrogen-bond donors (Lipinski definition) is 2. The van der Waals surface area contributed by atoms with Crippen LogP contribution in [0.25, 0.3) is 0 Å². The molecule has 0 amide bonds. The Bertz CT molecular complexity index is 111. The topological polar surface area (TPSA) is 40.5 Å². The van der Waals surface area contributed by atoms with Gasteiger partial charge in [0, 0.05) is 0 Å². The Kier molecular flexibility index (Phi) is 13.6. The molecule has 1 aliphatic rings. The molecule has 1 rings (SSSR count). The molecule has 0 aromatic rings. The Labute approximate surface area is 82.3 Å². The first-order valence-corrected chi connectivity index (χ1v) is 5.25. The largest absolute Gasteiger partial charge is 0.390 e. The molecule has 0 saturated carbocycles. The van der Waals surface area contributed by atoms with Gasteiger partial charge in [-0.25, -0.2) is 0 Å². The molecule has 2 N–H and O–H groups in total. The summed E-state index contributed by atoms with van der Waals surface area (Å²) in [6.45, 7) is 8.25. The van der Waals surface area contributed by atoms with E-state index in [0.29, 0.717) is 6.42 Å². The van der Waals surface area contributed by atoms with Crippen molar-refractivity contribution in [2.24, 2.45) is 0 Å². The second kappa shape index (κ2) is 11.7. The maximum atomic E-state index is 8.88. The third-order valence-corrected chi connectivity index (χ3v) is 1.36. The lowest BCUT2D eigenvalue weighted by Crippen LogP contribution is -2.25. The number of aliphatic hydroxyl groups is 2. The van der Waals surface area contributed by atoms with Crippen LogP contribution in [-0.4, -0.2) is 22.4 Å². The average molecular weight is 188 g/mol. The molecule has 0 aromatic carbocycles. The third-order valence-electron chi connectivity index (χ3n) is 1.36. The summed E-state index contributed by atoms with van der Waals surface area (Å²) in [6.07, 6.45) is 5.20. The molecule has 0 radical (unpaired) electrons. The van der Waals surface area contributed by atoms with Crippen LogP contribution in [0.2, 0.25) is 0 Å². The van der Waals surface area contributed by atoms with Gasteiger partial charge in [-0.05, 0) is 12.8 Å². The lowest BCUT2D eigenvalue weighted by atomic mass is 10.0. The quantitative estimate of drug-likeness (QED) is 0.573. The van der Waals surface area contributed by atoms with Gasteiger partial charge in [-0.1, -0.05) is 46.3 Å². The van der Waals surface area contributed by atoms with Crippen molar-refractivity contribution in [1.82, 2.24) is 0 Å². The monoisotopic (exact) mass is 188 g/mol. The molecule has 0 bridgehead atoms. The van der Waals surface area contributed by atoms with Gasteiger partial charge in [0.2, 0.25) is 0 Å². The van der Waals surface area contributed by atoms with Crippen molar-refractivity contribution in [3.63, 3.8) is 0 Å². The van der Waals surface area contributed by atoms with Crippen LogP contribution in [-0.2, 0) is 0 Å². The molecule has 0 heterocycles. The molecule has 0 saturated heterocycles. The first kappa shape index (κ1) is 15.1. The van der Waals surface area contributed by atoms with Crippen molar-refractivity contribution in [2.45, 2.75) is 59.2 Å². The van der Waals surface area contributed by atoms with Gasteiger partial charge in [0.25, 0.3) is 0 Å². The van der Waals surface area contributed by atoms with E-state index >= 15 is 0 Å². The summed E-state index contributed by atoms with van der Waals surface area (Å²) < 4.78 is 0. The standard InChI is InChI=1S/C6H10O2.C3H8.C2H6/c7-5-3-1-2-4-6(5)8;1-3-2;1-2/h1,3,5-8H,2,4H2;3H2,1-2H3;1-2H3/t5-,6+;;/m1../s1. The van der Waals surface area contributed by atoms with E-state index in [4.69, 9.17) is 10.2 Å². The number of hydrogen-bond acceptors (Lipinski definition) is 2. The Morgan fingerprint density at radius 2 is 1.69 bits per heavy atom. The van der Waals surface area contributed by atoms with E-state index in [9.17, 15) is 0 Å². The SMILES string of the molecule is CC.CCC.O[C@@H]1C=CCC[C@@H]1O. The highest BCUT2D eigenvalue weighted by atomic mass is 16.3. The molecule has 80 valence electrons. The van der Waals surface area contributed by atoms with Crippen LogP contribution in [0.3, 0.4) is 0 Å². The smallest absolute Gasteiger partial charge is 0.0980 e. The molecule has 2 atom stereocenters. The zero-order valence-corrected chi connectivity index (χ0v) is 9.33. The molecule has 1 aliphatic carbocycles. The normalized spacial score (nSPS) is 25.1. The first-order chi connectivity index (χ1) is 6.22. The fourth-order valence-corrected chi connectivity index (χ4v) is 0.802. The van der Waals surface area contributed by atoms with Gasteiger partial charge in [0.1, 0.15) is 0 Å². The number of aliphatic hydroxyl groups excluding tert-OH is 2. The Morgan fingerprint density at radius 1 is 1.23 bits per heavy atom. The van der Waals surface area contributed by atoms with E-state index in [1.807, 2.05) is 19.9 Å². The van der Waals surface area contributed by atoms with Gasteiger partial charge in [0.15, 0.2) is 0 Å². The Balaban J connectivity index is 0. The van der Waals surface area contributed by atoms with E-state index in [-0.39, 0.29) is 0 Å². The summed E-state index contributed by atoms with van der Waals surface area (Å²) in [5, 5.41) is 17.7. The van der Waals surface area contributed by atoms with Crippen molar-refractivity contribution in [3.8, 4) is 0 Å². The minimum atomic E-state index is -0.622. The van der Waals surface area contributed by atoms with Crippen molar-refractivity contribution < 1.29 is 10.2 Å². The maximum absolute atomic E-state index is 8.88. The molecule has 0 fully saturated rings. The predicted octanol–water partition coefficient (Wildman–Crippen LogP) is 2.50. The highest BCUT2D eigenvalue weighted by molar-refractivity contribution is 4.97. The average Bonchev–Trinajstić information content (AvgIpc) is 2.15. The second-order valence-electron chi connectivity index (χ2n) is 2.77. The van der Waals surface area contributed by atoms with Crippen molar-refractivity contribution >= 4 is 0 Å². The summed E-state index contributed by atoms with van der Waals surface area (Å²) in [4.78, 5) is 0. The molecule has 2 heteroatoms. The van der Waals surface area contributed by atoms with E-state index in [1.165, 1.54) is 6.42 Å². The minimum absolute atomic E-state index is 0.528. The van der Waals surface area contributed by atoms with E-state index in [1.54, 1.807) is 6.08 Å². The van der Waals surface area contributed by atoms with Gasteiger partial charge < -0.3 is 10.2 Å². The lowest BCUT2D eigenvalue weighted by molar-refractivity contribution is 0.0389. The fourth-order valence-electron chi connectivity index (χ4n) is 0.802. The number of rotatable bonds is 0. The van der Waals surface area contributed by atoms with Crippen molar-refractivity contribution in [2.75, 3.05) is 0 Å². The van der Waals surface area contributed by atoms with Crippen molar-refractivity contribution in [3.05, 3.63) is 12.2 Å². The molecule has 0 aliphatic heterocycles. The predicted molar refractivity (Wildman–Crippen MR) is 57.7 cm³/mol. The fraction of sp³-hybridized carbons (Fsp3) is 0.818. The zero-order valence-electron chi connectivity index (χ0n) is 9.33. The van der Waals surface area contributed by atoms with Gasteiger partial charge in [-0.15, -0.1) is 0 Å². The zero-order chi connectivity index (χ0) is 10.7. The summed E-state index contributed by atoms with van der Waals surface area (Å²) in [7, 11) is 0. The molecule has 0 spiro atoms. The lowest BCUT2D eigenvalue weighted by Gasteiger charge is -2.16. The molecular weight excluding hydrogens is 164 g/mol. The molecule has 0 aromatic heterocycles. The molecule has 0 unspecified atom stereocenters. The maximum Gasteiger partial charge on any atom is 0.0980 e. The molecule has 2 nitrogen and oxygen atoms in total.